The molecule has 3 N–H and O–H groups in total. The molecule has 0 saturated heterocycles. The summed E-state index contributed by atoms with van der Waals surface area (Å²) in [4.78, 5) is 32.4. The first-order chi connectivity index (χ1) is 12.5. The Bertz CT molecular complexity index is 745. The summed E-state index contributed by atoms with van der Waals surface area (Å²) in [7, 11) is 0. The van der Waals surface area contributed by atoms with Crippen LogP contribution in [-0.2, 0) is 27.3 Å². The van der Waals surface area contributed by atoms with E-state index in [-0.39, 0.29) is 5.91 Å². The van der Waals surface area contributed by atoms with Gasteiger partial charge in [-0.25, -0.2) is 9.59 Å². The summed E-state index contributed by atoms with van der Waals surface area (Å²) < 4.78 is 5.23. The van der Waals surface area contributed by atoms with Gasteiger partial charge in [0, 0.05) is 12.2 Å². The van der Waals surface area contributed by atoms with Crippen LogP contribution in [0.2, 0.25) is 0 Å². The summed E-state index contributed by atoms with van der Waals surface area (Å²) >= 11 is 0. The van der Waals surface area contributed by atoms with Crippen LogP contribution in [0.1, 0.15) is 17.7 Å². The average molecular weight is 360 g/mol. The minimum atomic E-state index is -1.82. The number of amides is 1. The van der Waals surface area contributed by atoms with Gasteiger partial charge in [-0.1, -0.05) is 18.2 Å². The quantitative estimate of drug-likeness (QED) is 0.707. The number of nitrogens with zero attached hydrogens (tertiary/aromatic N) is 1. The second-order valence-electron chi connectivity index (χ2n) is 5.57. The molecule has 26 heavy (non-hydrogen) atoms. The Morgan fingerprint density at radius 3 is 2.46 bits per heavy atom. The lowest BCUT2D eigenvalue weighted by Gasteiger charge is -2.29. The Balaban J connectivity index is 0.000000352. The molecule has 3 rings (SSSR count). The lowest BCUT2D eigenvalue weighted by molar-refractivity contribution is -0.159. The molecule has 0 unspecified atom stereocenters. The van der Waals surface area contributed by atoms with Gasteiger partial charge >= 0.3 is 11.9 Å². The maximum absolute atomic E-state index is 12.3. The van der Waals surface area contributed by atoms with Crippen LogP contribution in [0, 0.1) is 0 Å². The summed E-state index contributed by atoms with van der Waals surface area (Å²) in [6.07, 6.45) is 3.72. The molecule has 2 heterocycles. The highest BCUT2D eigenvalue weighted by Crippen LogP contribution is 2.26. The number of aryl methyl sites for hydroxylation is 1. The molecule has 1 aromatic carbocycles. The number of furan rings is 1. The van der Waals surface area contributed by atoms with Crippen molar-refractivity contribution in [2.75, 3.05) is 18.0 Å². The number of carbonyl (C=O) groups is 3. The van der Waals surface area contributed by atoms with Crippen molar-refractivity contribution < 1.29 is 29.0 Å². The van der Waals surface area contributed by atoms with Gasteiger partial charge in [-0.05, 0) is 36.6 Å². The van der Waals surface area contributed by atoms with Gasteiger partial charge in [-0.3, -0.25) is 4.79 Å². The molecular weight excluding hydrogens is 340 g/mol. The van der Waals surface area contributed by atoms with E-state index in [2.05, 4.69) is 11.4 Å². The first-order valence-electron chi connectivity index (χ1n) is 8.06. The number of para-hydroxylation sites is 1. The van der Waals surface area contributed by atoms with Gasteiger partial charge in [0.1, 0.15) is 5.76 Å². The summed E-state index contributed by atoms with van der Waals surface area (Å²) in [6, 6.07) is 11.9. The van der Waals surface area contributed by atoms with Crippen molar-refractivity contribution in [2.45, 2.75) is 19.4 Å². The molecule has 8 nitrogen and oxygen atoms in total. The monoisotopic (exact) mass is 360 g/mol. The third-order valence-electron chi connectivity index (χ3n) is 3.75. The zero-order valence-corrected chi connectivity index (χ0v) is 14.1. The van der Waals surface area contributed by atoms with Gasteiger partial charge in [-0.15, -0.1) is 0 Å². The highest BCUT2D eigenvalue weighted by Gasteiger charge is 2.21. The van der Waals surface area contributed by atoms with E-state index >= 15 is 0 Å². The summed E-state index contributed by atoms with van der Waals surface area (Å²) in [5, 5.41) is 17.9. The van der Waals surface area contributed by atoms with Gasteiger partial charge < -0.3 is 24.8 Å². The SMILES string of the molecule is O=C(CNCc1ccco1)N1CCCc2ccccc21.O=C(O)C(=O)O. The number of rotatable bonds is 4. The number of benzene rings is 1. The number of nitrogens with one attached hydrogen (secondary N) is 1. The molecule has 1 aliphatic heterocycles. The molecule has 1 aliphatic rings. The molecule has 0 saturated carbocycles. The predicted molar refractivity (Wildman–Crippen MR) is 92.8 cm³/mol. The number of anilines is 1. The first kappa shape index (κ1) is 19.2. The number of carbonyl (C=O) groups excluding carboxylic acids is 1. The fourth-order valence-corrected chi connectivity index (χ4v) is 2.59. The van der Waals surface area contributed by atoms with Gasteiger partial charge in [0.2, 0.25) is 5.91 Å². The molecule has 0 fully saturated rings. The topological polar surface area (TPSA) is 120 Å². The lowest BCUT2D eigenvalue weighted by Crippen LogP contribution is -2.41. The molecule has 0 atom stereocenters. The number of hydrogen-bond acceptors (Lipinski definition) is 5. The molecule has 138 valence electrons. The molecule has 0 aliphatic carbocycles. The Hall–Kier alpha value is -3.13. The Morgan fingerprint density at radius 1 is 1.08 bits per heavy atom. The smallest absolute Gasteiger partial charge is 0.414 e. The normalized spacial score (nSPS) is 12.5. The van der Waals surface area contributed by atoms with Crippen LogP contribution >= 0.6 is 0 Å². The van der Waals surface area contributed by atoms with Crippen molar-refractivity contribution >= 4 is 23.5 Å². The second-order valence-corrected chi connectivity index (χ2v) is 5.57. The van der Waals surface area contributed by atoms with E-state index in [1.807, 2.05) is 35.2 Å². The number of carboxylic acid groups (broad SMARTS) is 2. The highest BCUT2D eigenvalue weighted by molar-refractivity contribution is 6.27. The van der Waals surface area contributed by atoms with Gasteiger partial charge in [0.05, 0.1) is 19.4 Å². The fourth-order valence-electron chi connectivity index (χ4n) is 2.59. The standard InChI is InChI=1S/C16H18N2O2.C2H2O4/c19-16(12-17-11-14-7-4-10-20-14)18-9-3-6-13-5-1-2-8-15(13)18;3-1(4)2(5)6/h1-2,4-5,7-8,10,17H,3,6,9,11-12H2;(H,3,4)(H,5,6). The van der Waals surface area contributed by atoms with Crippen LogP contribution in [0.15, 0.2) is 47.1 Å². The second kappa shape index (κ2) is 9.38. The Labute approximate surface area is 150 Å². The molecule has 1 aromatic heterocycles. The maximum atomic E-state index is 12.3. The fraction of sp³-hybridized carbons (Fsp3) is 0.278. The molecule has 0 bridgehead atoms. The van der Waals surface area contributed by atoms with Crippen molar-refractivity contribution in [3.05, 3.63) is 54.0 Å². The van der Waals surface area contributed by atoms with Crippen LogP contribution < -0.4 is 10.2 Å². The summed E-state index contributed by atoms with van der Waals surface area (Å²) in [6.45, 7) is 1.71. The molecule has 8 heteroatoms. The average Bonchev–Trinajstić information content (AvgIpc) is 3.15. The van der Waals surface area contributed by atoms with E-state index in [9.17, 15) is 4.79 Å². The number of carboxylic acids is 2. The molecular formula is C18H20N2O6. The van der Waals surface area contributed by atoms with Gasteiger partial charge in [0.15, 0.2) is 0 Å². The van der Waals surface area contributed by atoms with Crippen LogP contribution in [0.5, 0.6) is 0 Å². The Kier molecular flexibility index (Phi) is 6.92. The van der Waals surface area contributed by atoms with E-state index in [4.69, 9.17) is 24.2 Å². The van der Waals surface area contributed by atoms with Crippen molar-refractivity contribution in [3.8, 4) is 0 Å². The zero-order valence-electron chi connectivity index (χ0n) is 14.1. The molecule has 0 radical (unpaired) electrons. The summed E-state index contributed by atoms with van der Waals surface area (Å²) in [5.74, 6) is -2.69. The highest BCUT2D eigenvalue weighted by atomic mass is 16.4. The lowest BCUT2D eigenvalue weighted by atomic mass is 10.0. The van der Waals surface area contributed by atoms with Gasteiger partial charge in [-0.2, -0.15) is 0 Å². The van der Waals surface area contributed by atoms with E-state index in [1.165, 1.54) is 5.56 Å². The number of fused-ring (bicyclic) bond motifs is 1. The molecule has 0 spiro atoms. The largest absolute Gasteiger partial charge is 0.473 e. The molecule has 1 amide bonds. The third-order valence-corrected chi connectivity index (χ3v) is 3.75. The van der Waals surface area contributed by atoms with Crippen LogP contribution in [0.25, 0.3) is 0 Å². The van der Waals surface area contributed by atoms with Gasteiger partial charge in [0.25, 0.3) is 0 Å². The van der Waals surface area contributed by atoms with Crippen LogP contribution in [0.4, 0.5) is 5.69 Å². The van der Waals surface area contributed by atoms with E-state index < -0.39 is 11.9 Å². The molecule has 2 aromatic rings. The minimum absolute atomic E-state index is 0.115. The van der Waals surface area contributed by atoms with Crippen molar-refractivity contribution in [2.24, 2.45) is 0 Å². The number of hydrogen-bond donors (Lipinski definition) is 3. The third kappa shape index (κ3) is 5.45. The van der Waals surface area contributed by atoms with E-state index in [0.29, 0.717) is 13.1 Å². The Morgan fingerprint density at radius 2 is 1.81 bits per heavy atom. The number of aliphatic carboxylic acids is 2. The predicted octanol–water partition coefficient (Wildman–Crippen LogP) is 1.50. The van der Waals surface area contributed by atoms with E-state index in [1.54, 1.807) is 6.26 Å². The van der Waals surface area contributed by atoms with Crippen LogP contribution in [-0.4, -0.2) is 41.1 Å². The van der Waals surface area contributed by atoms with E-state index in [0.717, 1.165) is 30.8 Å². The summed E-state index contributed by atoms with van der Waals surface area (Å²) in [5.41, 5.74) is 2.32. The zero-order chi connectivity index (χ0) is 18.9. The van der Waals surface area contributed by atoms with Crippen molar-refractivity contribution in [3.63, 3.8) is 0 Å². The van der Waals surface area contributed by atoms with Crippen LogP contribution in [0.3, 0.4) is 0 Å². The first-order valence-corrected chi connectivity index (χ1v) is 8.06. The maximum Gasteiger partial charge on any atom is 0.414 e. The van der Waals surface area contributed by atoms with Crippen molar-refractivity contribution in [1.82, 2.24) is 5.32 Å². The van der Waals surface area contributed by atoms with Crippen molar-refractivity contribution in [1.29, 1.82) is 0 Å². The minimum Gasteiger partial charge on any atom is -0.473 e.